The maximum Gasteiger partial charge on any atom is 0.337 e. The Morgan fingerprint density at radius 2 is 1.73 bits per heavy atom. The van der Waals surface area contributed by atoms with E-state index in [0.29, 0.717) is 41.3 Å². The number of imidazole rings is 1. The van der Waals surface area contributed by atoms with Gasteiger partial charge in [-0.1, -0.05) is 41.4 Å². The van der Waals surface area contributed by atoms with Crippen molar-refractivity contribution in [2.45, 2.75) is 38.4 Å². The Morgan fingerprint density at radius 3 is 2.45 bits per heavy atom. The summed E-state index contributed by atoms with van der Waals surface area (Å²) in [5, 5.41) is 10.3. The zero-order chi connectivity index (χ0) is 34.1. The maximum absolute atomic E-state index is 15.7. The summed E-state index contributed by atoms with van der Waals surface area (Å²) in [6, 6.07) is 11.4. The van der Waals surface area contributed by atoms with E-state index < -0.39 is 17.7 Å². The van der Waals surface area contributed by atoms with Crippen LogP contribution in [-0.4, -0.2) is 68.4 Å². The van der Waals surface area contributed by atoms with E-state index in [2.05, 4.69) is 14.9 Å². The molecule has 5 aromatic rings. The van der Waals surface area contributed by atoms with Crippen molar-refractivity contribution in [3.05, 3.63) is 93.2 Å². The van der Waals surface area contributed by atoms with E-state index in [9.17, 15) is 14.7 Å². The summed E-state index contributed by atoms with van der Waals surface area (Å²) < 4.78 is 29.5. The highest BCUT2D eigenvalue weighted by Gasteiger charge is 2.40. The lowest BCUT2D eigenvalue weighted by Crippen LogP contribution is -2.46. The molecule has 8 rings (SSSR count). The molecule has 3 aliphatic heterocycles. The monoisotopic (exact) mass is 701 g/mol. The number of morpholine rings is 1. The van der Waals surface area contributed by atoms with Gasteiger partial charge in [-0.15, -0.1) is 0 Å². The van der Waals surface area contributed by atoms with Crippen LogP contribution in [0, 0.1) is 12.7 Å². The van der Waals surface area contributed by atoms with Gasteiger partial charge in [0.05, 0.1) is 75.9 Å². The molecular weight excluding hydrogens is 672 g/mol. The molecule has 2 fully saturated rings. The van der Waals surface area contributed by atoms with Gasteiger partial charge in [-0.25, -0.2) is 14.2 Å². The fourth-order valence-electron chi connectivity index (χ4n) is 7.31. The number of aryl methyl sites for hydroxylation is 2. The van der Waals surface area contributed by atoms with Crippen LogP contribution in [0.25, 0.3) is 33.3 Å². The fraction of sp³-hybridized carbons (Fsp3) is 0.278. The highest BCUT2D eigenvalue weighted by atomic mass is 35.5. The van der Waals surface area contributed by atoms with Gasteiger partial charge in [0.15, 0.2) is 6.73 Å². The highest BCUT2D eigenvalue weighted by Crippen LogP contribution is 2.43. The predicted molar refractivity (Wildman–Crippen MR) is 183 cm³/mol. The number of hydrogen-bond acceptors (Lipinski definition) is 7. The summed E-state index contributed by atoms with van der Waals surface area (Å²) in [6.45, 7) is 2.91. The summed E-state index contributed by atoms with van der Waals surface area (Å²) in [7, 11) is 1.91. The first kappa shape index (κ1) is 31.6. The normalized spacial score (nSPS) is 18.5. The number of ether oxygens (including phenoxy) is 2. The smallest absolute Gasteiger partial charge is 0.337 e. The molecule has 2 bridgehead atoms. The number of carboxylic acids is 1. The molecule has 3 aliphatic rings. The van der Waals surface area contributed by atoms with E-state index >= 15 is 4.39 Å². The maximum atomic E-state index is 15.7. The molecule has 2 aromatic heterocycles. The van der Waals surface area contributed by atoms with Crippen molar-refractivity contribution in [3.8, 4) is 28.0 Å². The lowest BCUT2D eigenvalue weighted by atomic mass is 9.96. The number of nitrogens with zero attached hydrogens (tertiary/aromatic N) is 5. The third-order valence-corrected chi connectivity index (χ3v) is 10.4. The Labute approximate surface area is 290 Å². The number of pyridine rings is 1. The first-order valence-electron chi connectivity index (χ1n) is 15.8. The van der Waals surface area contributed by atoms with Crippen molar-refractivity contribution in [1.29, 1.82) is 0 Å². The zero-order valence-corrected chi connectivity index (χ0v) is 28.1. The van der Waals surface area contributed by atoms with E-state index in [-0.39, 0.29) is 52.1 Å². The number of aromatic nitrogens is 3. The second-order valence-corrected chi connectivity index (χ2v) is 13.5. The molecule has 2 saturated heterocycles. The number of para-hydroxylation sites is 1. The van der Waals surface area contributed by atoms with E-state index in [0.717, 1.165) is 41.3 Å². The molecule has 0 aliphatic carbocycles. The van der Waals surface area contributed by atoms with Crippen LogP contribution in [0.1, 0.15) is 44.9 Å². The Balaban J connectivity index is 1.11. The van der Waals surface area contributed by atoms with E-state index in [1.54, 1.807) is 48.8 Å². The van der Waals surface area contributed by atoms with Gasteiger partial charge >= 0.3 is 5.97 Å². The molecule has 2 unspecified atom stereocenters. The predicted octanol–water partition coefficient (Wildman–Crippen LogP) is 7.11. The highest BCUT2D eigenvalue weighted by molar-refractivity contribution is 6.40. The molecule has 1 amide bonds. The second-order valence-electron chi connectivity index (χ2n) is 12.6. The number of halogens is 3. The van der Waals surface area contributed by atoms with Gasteiger partial charge in [-0.3, -0.25) is 9.78 Å². The van der Waals surface area contributed by atoms with Crippen LogP contribution in [0.4, 0.5) is 10.1 Å². The molecule has 5 heterocycles. The number of fused-ring (bicyclic) bond motifs is 4. The lowest BCUT2D eigenvalue weighted by molar-refractivity contribution is 0.0516. The third kappa shape index (κ3) is 5.19. The van der Waals surface area contributed by atoms with Gasteiger partial charge in [0.25, 0.3) is 5.91 Å². The molecule has 2 atom stereocenters. The third-order valence-electron chi connectivity index (χ3n) is 9.82. The van der Waals surface area contributed by atoms with Crippen molar-refractivity contribution in [1.82, 2.24) is 19.4 Å². The summed E-state index contributed by atoms with van der Waals surface area (Å²) in [6.07, 6.45) is 5.18. The number of carboxylic acid groups (broad SMARTS) is 1. The molecule has 0 saturated carbocycles. The Bertz CT molecular complexity index is 2170. The Morgan fingerprint density at radius 1 is 1.00 bits per heavy atom. The largest absolute Gasteiger partial charge is 0.478 e. The van der Waals surface area contributed by atoms with Gasteiger partial charge in [0.1, 0.15) is 17.4 Å². The molecule has 10 nitrogen and oxygen atoms in total. The van der Waals surface area contributed by atoms with Crippen molar-refractivity contribution < 1.29 is 28.6 Å². The Kier molecular flexibility index (Phi) is 7.73. The topological polar surface area (TPSA) is 110 Å². The number of anilines is 1. The lowest BCUT2D eigenvalue weighted by Gasteiger charge is -2.37. The molecule has 13 heteroatoms. The van der Waals surface area contributed by atoms with Crippen LogP contribution in [0.5, 0.6) is 5.75 Å². The molecule has 0 spiro atoms. The van der Waals surface area contributed by atoms with Crippen LogP contribution in [0.2, 0.25) is 10.0 Å². The van der Waals surface area contributed by atoms with Gasteiger partial charge < -0.3 is 28.9 Å². The summed E-state index contributed by atoms with van der Waals surface area (Å²) in [5.41, 5.74) is 4.85. The first-order chi connectivity index (χ1) is 23.6. The first-order valence-corrected chi connectivity index (χ1v) is 16.6. The molecular formula is C36H30Cl2FN5O5. The summed E-state index contributed by atoms with van der Waals surface area (Å²) in [4.78, 5) is 38.7. The van der Waals surface area contributed by atoms with Crippen LogP contribution in [0.3, 0.4) is 0 Å². The van der Waals surface area contributed by atoms with Gasteiger partial charge in [0, 0.05) is 35.5 Å². The fourth-order valence-corrected chi connectivity index (χ4v) is 7.96. The summed E-state index contributed by atoms with van der Waals surface area (Å²) in [5.74, 6) is -1.06. The number of rotatable bonds is 5. The van der Waals surface area contributed by atoms with Gasteiger partial charge in [-0.2, -0.15) is 0 Å². The van der Waals surface area contributed by atoms with E-state index in [4.69, 9.17) is 32.7 Å². The zero-order valence-electron chi connectivity index (χ0n) is 26.5. The van der Waals surface area contributed by atoms with Crippen molar-refractivity contribution in [3.63, 3.8) is 0 Å². The van der Waals surface area contributed by atoms with Crippen LogP contribution < -0.4 is 9.64 Å². The molecule has 0 radical (unpaired) electrons. The van der Waals surface area contributed by atoms with Crippen molar-refractivity contribution in [2.24, 2.45) is 7.05 Å². The van der Waals surface area contributed by atoms with Crippen LogP contribution >= 0.6 is 23.2 Å². The Hall–Kier alpha value is -4.71. The number of carbonyl (C=O) groups is 2. The minimum Gasteiger partial charge on any atom is -0.478 e. The van der Waals surface area contributed by atoms with Crippen molar-refractivity contribution in [2.75, 3.05) is 24.8 Å². The van der Waals surface area contributed by atoms with Crippen molar-refractivity contribution >= 4 is 51.8 Å². The molecule has 49 heavy (non-hydrogen) atoms. The average Bonchev–Trinajstić information content (AvgIpc) is 3.51. The quantitative estimate of drug-likeness (QED) is 0.206. The van der Waals surface area contributed by atoms with E-state index in [1.807, 2.05) is 18.5 Å². The summed E-state index contributed by atoms with van der Waals surface area (Å²) >= 11 is 13.5. The molecule has 250 valence electrons. The van der Waals surface area contributed by atoms with Gasteiger partial charge in [0.2, 0.25) is 0 Å². The number of hydrogen-bond donors (Lipinski definition) is 1. The number of benzene rings is 3. The number of carbonyl (C=O) groups excluding carboxylic acids is 1. The SMILES string of the molecule is Cc1nc2c(-c3cc(Cl)c(C(=O)N4COc5c(cccc5-c5cc(N6C7CCC6COC7)c(C(=O)O)cc5F)C4)c(Cl)c3)cncc2n1C. The number of aromatic carboxylic acids is 1. The minimum absolute atomic E-state index is 0.0213. The molecule has 3 aromatic carbocycles. The van der Waals surface area contributed by atoms with E-state index in [1.165, 1.54) is 4.90 Å². The number of amides is 1. The standard InChI is InChI=1S/C36H30Cl2FN5O5/c1-18-41-33-26(12-40-13-31(33)42(18)2)20-8-27(37)32(28(38)9-20)35(45)43-14-19-4-3-5-23(34(19)49-17-43)24-11-30(25(36(46)47)10-29(24)39)44-21-6-7-22(44)16-48-15-21/h3-5,8-13,21-22H,6-7,14-17H2,1-2H3,(H,46,47). The second kappa shape index (κ2) is 12.0. The average molecular weight is 703 g/mol. The molecule has 1 N–H and O–H groups in total. The van der Waals surface area contributed by atoms with Crippen LogP contribution in [-0.2, 0) is 18.3 Å². The van der Waals surface area contributed by atoms with Crippen LogP contribution in [0.15, 0.2) is 54.9 Å². The van der Waals surface area contributed by atoms with Gasteiger partial charge in [-0.05, 0) is 49.6 Å². The minimum atomic E-state index is -1.20.